The molecule has 1 heterocycles. The van der Waals surface area contributed by atoms with Crippen molar-refractivity contribution in [1.29, 1.82) is 0 Å². The van der Waals surface area contributed by atoms with Crippen LogP contribution >= 0.6 is 23.2 Å². The smallest absolute Gasteiger partial charge is 0.356 e. The van der Waals surface area contributed by atoms with Gasteiger partial charge in [-0.1, -0.05) is 42.3 Å². The van der Waals surface area contributed by atoms with Gasteiger partial charge >= 0.3 is 5.97 Å². The minimum Gasteiger partial charge on any atom is -0.494 e. The first-order chi connectivity index (χ1) is 12.9. The standard InChI is InChI=1S/C20H18Cl2N2O3/c1-3-10-27-15-8-9-17(16(22)11-15)24-19(12(2)18(23-24)20(25)26)13-4-6-14(21)7-5-13/h4-9,11H,3,10H2,1-2H3,(H,25,26). The Kier molecular flexibility index (Phi) is 5.73. The van der Waals surface area contributed by atoms with E-state index < -0.39 is 5.97 Å². The van der Waals surface area contributed by atoms with Crippen LogP contribution in [0.3, 0.4) is 0 Å². The lowest BCUT2D eigenvalue weighted by Gasteiger charge is -2.12. The monoisotopic (exact) mass is 404 g/mol. The molecular weight excluding hydrogens is 387 g/mol. The molecule has 3 aromatic rings. The second-order valence-corrected chi connectivity index (χ2v) is 6.85. The molecule has 1 N–H and O–H groups in total. The van der Waals surface area contributed by atoms with Crippen LogP contribution in [0.2, 0.25) is 10.0 Å². The number of hydrogen-bond acceptors (Lipinski definition) is 3. The first kappa shape index (κ1) is 19.3. The van der Waals surface area contributed by atoms with E-state index in [0.29, 0.717) is 39.3 Å². The van der Waals surface area contributed by atoms with Crippen LogP contribution in [0.15, 0.2) is 42.5 Å². The highest BCUT2D eigenvalue weighted by molar-refractivity contribution is 6.32. The van der Waals surface area contributed by atoms with Gasteiger partial charge in [0.2, 0.25) is 0 Å². The van der Waals surface area contributed by atoms with Crippen molar-refractivity contribution in [2.45, 2.75) is 20.3 Å². The normalized spacial score (nSPS) is 10.8. The summed E-state index contributed by atoms with van der Waals surface area (Å²) in [4.78, 5) is 11.6. The molecule has 7 heteroatoms. The third-order valence-corrected chi connectivity index (χ3v) is 4.62. The molecule has 1 aromatic heterocycles. The second-order valence-electron chi connectivity index (χ2n) is 6.01. The molecule has 0 saturated heterocycles. The van der Waals surface area contributed by atoms with Gasteiger partial charge in [0.1, 0.15) is 5.75 Å². The summed E-state index contributed by atoms with van der Waals surface area (Å²) in [5.74, 6) is -0.443. The molecule has 5 nitrogen and oxygen atoms in total. The number of aromatic nitrogens is 2. The van der Waals surface area contributed by atoms with Gasteiger partial charge in [0.15, 0.2) is 5.69 Å². The molecule has 0 amide bonds. The number of benzene rings is 2. The molecule has 0 bridgehead atoms. The number of carboxylic acid groups (broad SMARTS) is 1. The Morgan fingerprint density at radius 3 is 2.48 bits per heavy atom. The maximum Gasteiger partial charge on any atom is 0.356 e. The SMILES string of the molecule is CCCOc1ccc(-n2nc(C(=O)O)c(C)c2-c2ccc(Cl)cc2)c(Cl)c1. The molecule has 140 valence electrons. The van der Waals surface area contributed by atoms with Gasteiger partial charge in [-0.15, -0.1) is 0 Å². The van der Waals surface area contributed by atoms with E-state index in [1.165, 1.54) is 0 Å². The first-order valence-electron chi connectivity index (χ1n) is 8.44. The van der Waals surface area contributed by atoms with Gasteiger partial charge in [0.25, 0.3) is 0 Å². The molecular formula is C20H18Cl2N2O3. The largest absolute Gasteiger partial charge is 0.494 e. The molecule has 0 aliphatic rings. The van der Waals surface area contributed by atoms with Crippen molar-refractivity contribution in [2.24, 2.45) is 0 Å². The fraction of sp³-hybridized carbons (Fsp3) is 0.200. The number of hydrogen-bond donors (Lipinski definition) is 1. The van der Waals surface area contributed by atoms with Crippen LogP contribution in [0.4, 0.5) is 0 Å². The predicted molar refractivity (Wildman–Crippen MR) is 107 cm³/mol. The predicted octanol–water partition coefficient (Wildman–Crippen LogP) is 5.64. The average molecular weight is 405 g/mol. The molecule has 0 atom stereocenters. The van der Waals surface area contributed by atoms with Crippen molar-refractivity contribution in [3.05, 3.63) is 63.8 Å². The second kappa shape index (κ2) is 8.03. The Hall–Kier alpha value is -2.50. The molecule has 0 radical (unpaired) electrons. The van der Waals surface area contributed by atoms with E-state index in [1.807, 2.05) is 19.1 Å². The minimum absolute atomic E-state index is 0.0256. The summed E-state index contributed by atoms with van der Waals surface area (Å²) in [7, 11) is 0. The fourth-order valence-electron chi connectivity index (χ4n) is 2.79. The summed E-state index contributed by atoms with van der Waals surface area (Å²) in [6, 6.07) is 12.4. The lowest BCUT2D eigenvalue weighted by atomic mass is 10.1. The molecule has 0 spiro atoms. The van der Waals surface area contributed by atoms with Crippen molar-refractivity contribution < 1.29 is 14.6 Å². The van der Waals surface area contributed by atoms with Crippen molar-refractivity contribution in [3.63, 3.8) is 0 Å². The highest BCUT2D eigenvalue weighted by Gasteiger charge is 2.22. The number of nitrogens with zero attached hydrogens (tertiary/aromatic N) is 2. The van der Waals surface area contributed by atoms with Gasteiger partial charge in [-0.3, -0.25) is 0 Å². The van der Waals surface area contributed by atoms with Crippen molar-refractivity contribution in [3.8, 4) is 22.7 Å². The zero-order valence-corrected chi connectivity index (χ0v) is 16.4. The van der Waals surface area contributed by atoms with E-state index in [-0.39, 0.29) is 5.69 Å². The van der Waals surface area contributed by atoms with Crippen LogP contribution in [0.25, 0.3) is 16.9 Å². The van der Waals surface area contributed by atoms with E-state index in [4.69, 9.17) is 27.9 Å². The highest BCUT2D eigenvalue weighted by atomic mass is 35.5. The Bertz CT molecular complexity index is 982. The minimum atomic E-state index is -1.10. The van der Waals surface area contributed by atoms with Crippen molar-refractivity contribution in [2.75, 3.05) is 6.61 Å². The van der Waals surface area contributed by atoms with Crippen LogP contribution in [-0.4, -0.2) is 27.5 Å². The molecule has 27 heavy (non-hydrogen) atoms. The highest BCUT2D eigenvalue weighted by Crippen LogP contribution is 2.33. The van der Waals surface area contributed by atoms with Gasteiger partial charge < -0.3 is 9.84 Å². The molecule has 0 saturated carbocycles. The van der Waals surface area contributed by atoms with Gasteiger partial charge in [-0.25, -0.2) is 9.48 Å². The topological polar surface area (TPSA) is 64.4 Å². The van der Waals surface area contributed by atoms with E-state index in [9.17, 15) is 9.90 Å². The van der Waals surface area contributed by atoms with Crippen LogP contribution in [0.5, 0.6) is 5.75 Å². The summed E-state index contributed by atoms with van der Waals surface area (Å²) in [6.45, 7) is 4.34. The lowest BCUT2D eigenvalue weighted by molar-refractivity contribution is 0.0689. The third-order valence-electron chi connectivity index (χ3n) is 4.06. The summed E-state index contributed by atoms with van der Waals surface area (Å²) < 4.78 is 7.15. The quantitative estimate of drug-likeness (QED) is 0.576. The molecule has 0 unspecified atom stereocenters. The Balaban J connectivity index is 2.16. The van der Waals surface area contributed by atoms with Crippen LogP contribution < -0.4 is 4.74 Å². The van der Waals surface area contributed by atoms with Crippen LogP contribution in [0.1, 0.15) is 29.4 Å². The number of aromatic carboxylic acids is 1. The van der Waals surface area contributed by atoms with Gasteiger partial charge in [0.05, 0.1) is 23.0 Å². The summed E-state index contributed by atoms with van der Waals surface area (Å²) in [5, 5.41) is 14.8. The number of carbonyl (C=O) groups is 1. The van der Waals surface area contributed by atoms with Gasteiger partial charge in [0, 0.05) is 22.2 Å². The van der Waals surface area contributed by atoms with E-state index in [0.717, 1.165) is 12.0 Å². The average Bonchev–Trinajstić information content (AvgIpc) is 2.98. The van der Waals surface area contributed by atoms with Crippen LogP contribution in [-0.2, 0) is 0 Å². The van der Waals surface area contributed by atoms with Crippen molar-refractivity contribution in [1.82, 2.24) is 9.78 Å². The zero-order valence-electron chi connectivity index (χ0n) is 14.9. The summed E-state index contributed by atoms with van der Waals surface area (Å²) in [5.41, 5.74) is 2.53. The lowest BCUT2D eigenvalue weighted by Crippen LogP contribution is -2.03. The molecule has 0 fully saturated rings. The van der Waals surface area contributed by atoms with Crippen LogP contribution in [0, 0.1) is 6.92 Å². The maximum atomic E-state index is 11.6. The molecule has 0 aliphatic carbocycles. The maximum absolute atomic E-state index is 11.6. The van der Waals surface area contributed by atoms with Crippen molar-refractivity contribution >= 4 is 29.2 Å². The van der Waals surface area contributed by atoms with E-state index >= 15 is 0 Å². The first-order valence-corrected chi connectivity index (χ1v) is 9.19. The summed E-state index contributed by atoms with van der Waals surface area (Å²) in [6.07, 6.45) is 0.889. The molecule has 3 rings (SSSR count). The Morgan fingerprint density at radius 1 is 1.19 bits per heavy atom. The summed E-state index contributed by atoms with van der Waals surface area (Å²) >= 11 is 12.4. The number of ether oxygens (including phenoxy) is 1. The van der Waals surface area contributed by atoms with E-state index in [2.05, 4.69) is 5.10 Å². The zero-order chi connectivity index (χ0) is 19.6. The number of halogens is 2. The Labute approximate surface area is 167 Å². The third kappa shape index (κ3) is 3.94. The van der Waals surface area contributed by atoms with Gasteiger partial charge in [-0.2, -0.15) is 5.10 Å². The fourth-order valence-corrected chi connectivity index (χ4v) is 3.17. The number of rotatable bonds is 6. The number of carboxylic acids is 1. The van der Waals surface area contributed by atoms with Gasteiger partial charge in [-0.05, 0) is 37.6 Å². The molecule has 2 aromatic carbocycles. The molecule has 0 aliphatic heterocycles. The Morgan fingerprint density at radius 2 is 1.89 bits per heavy atom. The van der Waals surface area contributed by atoms with E-state index in [1.54, 1.807) is 41.9 Å².